The molecule has 0 bridgehead atoms. The molecular weight excluding hydrogens is 636 g/mol. The summed E-state index contributed by atoms with van der Waals surface area (Å²) in [4.78, 5) is 71.7. The van der Waals surface area contributed by atoms with E-state index in [1.165, 1.54) is 23.0 Å². The maximum absolute atomic E-state index is 13.1. The van der Waals surface area contributed by atoms with Crippen LogP contribution in [0.25, 0.3) is 0 Å². The molecule has 14 nitrogen and oxygen atoms in total. The molecule has 3 aliphatic heterocycles. The van der Waals surface area contributed by atoms with Crippen LogP contribution in [0, 0.1) is 0 Å². The van der Waals surface area contributed by atoms with Crippen LogP contribution >= 0.6 is 23.4 Å². The van der Waals surface area contributed by atoms with Crippen molar-refractivity contribution in [2.24, 2.45) is 5.73 Å². The number of thioether (sulfide) groups is 1. The number of imidazole rings is 1. The zero-order valence-corrected chi connectivity index (χ0v) is 27.3. The highest BCUT2D eigenvalue weighted by atomic mass is 35.5. The molecule has 6 N–H and O–H groups in total. The van der Waals surface area contributed by atoms with Crippen LogP contribution in [0.15, 0.2) is 36.8 Å². The van der Waals surface area contributed by atoms with E-state index in [-0.39, 0.29) is 29.4 Å². The number of nitrogens with zero attached hydrogens (tertiary/aromatic N) is 3. The van der Waals surface area contributed by atoms with Crippen molar-refractivity contribution < 1.29 is 28.7 Å². The lowest BCUT2D eigenvalue weighted by Crippen LogP contribution is -2.59. The molecule has 16 heteroatoms. The van der Waals surface area contributed by atoms with Gasteiger partial charge in [0.2, 0.25) is 23.6 Å². The molecule has 1 aromatic heterocycles. The van der Waals surface area contributed by atoms with E-state index in [9.17, 15) is 24.0 Å². The second-order valence-electron chi connectivity index (χ2n) is 11.2. The average Bonchev–Trinajstić information content (AvgIpc) is 3.76. The van der Waals surface area contributed by atoms with Crippen LogP contribution in [0.1, 0.15) is 35.8 Å². The number of carbonyl (C=O) groups excluding carboxylic acids is 5. The number of hydrogen-bond acceptors (Lipinski definition) is 9. The number of aromatic nitrogens is 2. The number of halogens is 1. The number of morpholine rings is 1. The van der Waals surface area contributed by atoms with Crippen molar-refractivity contribution in [3.8, 4) is 0 Å². The van der Waals surface area contributed by atoms with Gasteiger partial charge >= 0.3 is 0 Å². The summed E-state index contributed by atoms with van der Waals surface area (Å²) in [6.07, 6.45) is 4.44. The lowest BCUT2D eigenvalue weighted by Gasteiger charge is -2.30. The maximum atomic E-state index is 13.1. The van der Waals surface area contributed by atoms with E-state index in [2.05, 4.69) is 30.8 Å². The Morgan fingerprint density at radius 2 is 1.91 bits per heavy atom. The number of likely N-dealkylation sites (tertiary alicyclic amines) is 1. The number of primary amides is 1. The van der Waals surface area contributed by atoms with Crippen molar-refractivity contribution in [3.63, 3.8) is 0 Å². The highest BCUT2D eigenvalue weighted by Crippen LogP contribution is 2.20. The highest BCUT2D eigenvalue weighted by Gasteiger charge is 2.38. The Morgan fingerprint density at radius 1 is 1.17 bits per heavy atom. The van der Waals surface area contributed by atoms with Crippen molar-refractivity contribution >= 4 is 52.9 Å². The number of hydrogen-bond donors (Lipinski definition) is 5. The predicted octanol–water partition coefficient (Wildman–Crippen LogP) is -0.0646. The summed E-state index contributed by atoms with van der Waals surface area (Å²) in [6, 6.07) is 4.63. The molecule has 46 heavy (non-hydrogen) atoms. The number of nitrogens with two attached hydrogens (primary N) is 1. The standard InChI is InChI=1S/C17H24N6O4S.C13H17ClN2O2/c1-9-15(25)22-12(7-28-9)16(26)21-11(5-10-6-19-8-20-10)17(27)23-4-2-3-13(23)14(18)24;14-12-3-1-11(2-4-12)13(17)15-5-6-16-7-9-18-10-8-16/h6,8-9,11-13H,2-5,7H2,1H3,(H2,18,24)(H,19,20)(H,21,26)(H,22,25);1-4H,5-10H2,(H,15,17)/t9-,11+,12+,13+;/m1./s1. The second kappa shape index (κ2) is 17.3. The van der Waals surface area contributed by atoms with Gasteiger partial charge in [-0.1, -0.05) is 11.6 Å². The monoisotopic (exact) mass is 676 g/mol. The van der Waals surface area contributed by atoms with Gasteiger partial charge in [0.25, 0.3) is 5.91 Å². The summed E-state index contributed by atoms with van der Waals surface area (Å²) in [5.41, 5.74) is 6.73. The maximum Gasteiger partial charge on any atom is 0.251 e. The molecule has 2 aromatic rings. The summed E-state index contributed by atoms with van der Waals surface area (Å²) in [5, 5.41) is 8.74. The van der Waals surface area contributed by atoms with E-state index in [4.69, 9.17) is 22.1 Å². The Labute approximate surface area is 276 Å². The summed E-state index contributed by atoms with van der Waals surface area (Å²) < 4.78 is 5.27. The number of amides is 5. The Kier molecular flexibility index (Phi) is 13.2. The van der Waals surface area contributed by atoms with Gasteiger partial charge in [-0.2, -0.15) is 0 Å². The van der Waals surface area contributed by atoms with Crippen LogP contribution in [0.4, 0.5) is 0 Å². The van der Waals surface area contributed by atoms with Crippen molar-refractivity contribution in [2.75, 3.05) is 51.7 Å². The molecule has 1 aromatic carbocycles. The normalized spacial score (nSPS) is 22.2. The largest absolute Gasteiger partial charge is 0.379 e. The fourth-order valence-corrected chi connectivity index (χ4v) is 6.32. The molecule has 0 unspecified atom stereocenters. The Hall–Kier alpha value is -3.66. The molecule has 5 rings (SSSR count). The highest BCUT2D eigenvalue weighted by molar-refractivity contribution is 8.00. The van der Waals surface area contributed by atoms with Crippen LogP contribution in [-0.2, 0) is 30.3 Å². The number of carbonyl (C=O) groups is 5. The third kappa shape index (κ3) is 10.2. The summed E-state index contributed by atoms with van der Waals surface area (Å²) in [6.45, 7) is 7.15. The third-order valence-electron chi connectivity index (χ3n) is 7.90. The fourth-order valence-electron chi connectivity index (χ4n) is 5.26. The van der Waals surface area contributed by atoms with Gasteiger partial charge in [-0.25, -0.2) is 4.98 Å². The molecule has 3 aliphatic rings. The number of rotatable bonds is 10. The molecule has 4 atom stereocenters. The van der Waals surface area contributed by atoms with Crippen LogP contribution < -0.4 is 21.7 Å². The van der Waals surface area contributed by atoms with E-state index in [0.717, 1.165) is 32.8 Å². The zero-order chi connectivity index (χ0) is 33.1. The number of benzene rings is 1. The zero-order valence-electron chi connectivity index (χ0n) is 25.7. The van der Waals surface area contributed by atoms with E-state index in [1.807, 2.05) is 0 Å². The molecule has 0 spiro atoms. The molecule has 0 aliphatic carbocycles. The minimum absolute atomic E-state index is 0.0556. The minimum atomic E-state index is -0.894. The summed E-state index contributed by atoms with van der Waals surface area (Å²) >= 11 is 7.16. The first-order chi connectivity index (χ1) is 22.1. The van der Waals surface area contributed by atoms with Crippen molar-refractivity contribution in [1.29, 1.82) is 0 Å². The molecule has 0 radical (unpaired) electrons. The van der Waals surface area contributed by atoms with E-state index in [1.54, 1.807) is 37.4 Å². The first-order valence-corrected chi connectivity index (χ1v) is 16.7. The Bertz CT molecular complexity index is 1340. The number of ether oxygens (including phenoxy) is 1. The lowest BCUT2D eigenvalue weighted by molar-refractivity contribution is -0.141. The van der Waals surface area contributed by atoms with Gasteiger partial charge in [0.1, 0.15) is 18.1 Å². The van der Waals surface area contributed by atoms with Gasteiger partial charge in [0.05, 0.1) is 24.8 Å². The SMILES string of the molecule is C[C@H]1SC[C@@H](C(=O)N[C@@H](Cc2cnc[nH]2)C(=O)N2CCC[C@H]2C(N)=O)NC1=O.O=C(NCCN1CCOCC1)c1ccc(Cl)cc1. The molecule has 0 saturated carbocycles. The summed E-state index contributed by atoms with van der Waals surface area (Å²) in [5.74, 6) is -1.19. The molecule has 3 fully saturated rings. The van der Waals surface area contributed by atoms with Crippen LogP contribution in [0.3, 0.4) is 0 Å². The fraction of sp³-hybridized carbons (Fsp3) is 0.533. The van der Waals surface area contributed by atoms with Gasteiger partial charge in [0, 0.05) is 67.4 Å². The van der Waals surface area contributed by atoms with Gasteiger partial charge < -0.3 is 36.3 Å². The average molecular weight is 677 g/mol. The number of H-pyrrole nitrogens is 1. The molecule has 3 saturated heterocycles. The quantitative estimate of drug-likeness (QED) is 0.229. The van der Waals surface area contributed by atoms with Gasteiger partial charge in [-0.3, -0.25) is 28.9 Å². The van der Waals surface area contributed by atoms with Crippen molar-refractivity contribution in [1.82, 2.24) is 35.7 Å². The van der Waals surface area contributed by atoms with E-state index < -0.39 is 29.9 Å². The Morgan fingerprint density at radius 3 is 2.57 bits per heavy atom. The first kappa shape index (κ1) is 35.2. The smallest absolute Gasteiger partial charge is 0.251 e. The van der Waals surface area contributed by atoms with Gasteiger partial charge in [0.15, 0.2) is 0 Å². The van der Waals surface area contributed by atoms with Crippen molar-refractivity contribution in [3.05, 3.63) is 53.1 Å². The van der Waals surface area contributed by atoms with Crippen LogP contribution in [-0.4, -0.2) is 124 Å². The number of aromatic amines is 1. The summed E-state index contributed by atoms with van der Waals surface area (Å²) in [7, 11) is 0. The topological polar surface area (TPSA) is 192 Å². The van der Waals surface area contributed by atoms with Gasteiger partial charge in [-0.15, -0.1) is 11.8 Å². The minimum Gasteiger partial charge on any atom is -0.379 e. The second-order valence-corrected chi connectivity index (χ2v) is 13.0. The Balaban J connectivity index is 0.000000230. The first-order valence-electron chi connectivity index (χ1n) is 15.3. The predicted molar refractivity (Wildman–Crippen MR) is 173 cm³/mol. The van der Waals surface area contributed by atoms with Crippen LogP contribution in [0.5, 0.6) is 0 Å². The van der Waals surface area contributed by atoms with Crippen LogP contribution in [0.2, 0.25) is 5.02 Å². The molecule has 250 valence electrons. The van der Waals surface area contributed by atoms with E-state index in [0.29, 0.717) is 48.0 Å². The van der Waals surface area contributed by atoms with Crippen molar-refractivity contribution in [2.45, 2.75) is 49.6 Å². The molecule has 4 heterocycles. The number of nitrogens with one attached hydrogen (secondary N) is 4. The molecular formula is C30H41ClN8O6S. The lowest BCUT2D eigenvalue weighted by atomic mass is 10.1. The van der Waals surface area contributed by atoms with Gasteiger partial charge in [-0.05, 0) is 44.0 Å². The van der Waals surface area contributed by atoms with E-state index >= 15 is 0 Å². The molecule has 5 amide bonds. The third-order valence-corrected chi connectivity index (χ3v) is 9.39.